The first-order chi connectivity index (χ1) is 38.4. The fourth-order valence-corrected chi connectivity index (χ4v) is 14.8. The summed E-state index contributed by atoms with van der Waals surface area (Å²) in [7, 11) is 0. The number of carbonyl (C=O) groups is 11. The molecule has 3 saturated carbocycles. The van der Waals surface area contributed by atoms with Gasteiger partial charge in [-0.05, 0) is 87.3 Å². The highest BCUT2D eigenvalue weighted by Gasteiger charge is 2.76. The summed E-state index contributed by atoms with van der Waals surface area (Å²) >= 11 is 9.86. The van der Waals surface area contributed by atoms with Crippen LogP contribution < -0.4 is 26.6 Å². The molecule has 0 radical (unpaired) electrons. The van der Waals surface area contributed by atoms with Crippen molar-refractivity contribution in [3.8, 4) is 0 Å². The molecule has 1 aliphatic heterocycles. The van der Waals surface area contributed by atoms with E-state index in [0.717, 1.165) is 43.8 Å². The lowest BCUT2D eigenvalue weighted by molar-refractivity contribution is -0.203. The van der Waals surface area contributed by atoms with Crippen molar-refractivity contribution in [2.45, 2.75) is 124 Å². The van der Waals surface area contributed by atoms with Crippen molar-refractivity contribution in [3.05, 3.63) is 94.3 Å². The molecule has 21 nitrogen and oxygen atoms in total. The molecule has 7 amide bonds. The van der Waals surface area contributed by atoms with E-state index in [0.29, 0.717) is 19.3 Å². The number of ether oxygens (including phenoxy) is 2. The number of hydrogen-bond donors (Lipinski definition) is 7. The van der Waals surface area contributed by atoms with Crippen molar-refractivity contribution in [2.24, 2.45) is 28.6 Å². The number of nitrogens with one attached hydrogen (secondary N) is 5. The van der Waals surface area contributed by atoms with Crippen LogP contribution in [0.2, 0.25) is 0 Å². The number of carbonyl (C=O) groups excluding carboxylic acids is 10. The van der Waals surface area contributed by atoms with Gasteiger partial charge in [-0.15, -0.1) is 11.6 Å². The van der Waals surface area contributed by atoms with E-state index < -0.39 is 144 Å². The van der Waals surface area contributed by atoms with Gasteiger partial charge in [0.2, 0.25) is 35.3 Å². The number of Topliss-reactive ketones (excluding diaryl/α,β-unsaturated/α-hetero) is 1. The maximum Gasteiger partial charge on any atom is 0.306 e. The van der Waals surface area contributed by atoms with E-state index >= 15 is 0 Å². The molecular formula is C57H67ClN6O15S2. The number of esters is 1. The summed E-state index contributed by atoms with van der Waals surface area (Å²) in [4.78, 5) is 146. The third-order valence-electron chi connectivity index (χ3n) is 16.3. The summed E-state index contributed by atoms with van der Waals surface area (Å²) in [6.45, 7) is 5.78. The molecular weight excluding hydrogens is 1110 g/mol. The van der Waals surface area contributed by atoms with Crippen LogP contribution in [0.5, 0.6) is 0 Å². The predicted molar refractivity (Wildman–Crippen MR) is 296 cm³/mol. The normalized spacial score (nSPS) is 27.2. The highest BCUT2D eigenvalue weighted by molar-refractivity contribution is 8.08. The fraction of sp³-hybridized carbons (Fsp3) is 0.491. The summed E-state index contributed by atoms with van der Waals surface area (Å²) in [6, 6.07) is 15.2. The molecule has 24 heteroatoms. The van der Waals surface area contributed by atoms with Gasteiger partial charge in [-0.1, -0.05) is 99.3 Å². The van der Waals surface area contributed by atoms with E-state index in [2.05, 4.69) is 26.6 Å². The number of carboxylic acid groups (broad SMARTS) is 1. The van der Waals surface area contributed by atoms with Crippen molar-refractivity contribution >= 4 is 100.0 Å². The zero-order valence-corrected chi connectivity index (χ0v) is 47.9. The van der Waals surface area contributed by atoms with E-state index in [1.165, 1.54) is 13.0 Å². The Morgan fingerprint density at radius 1 is 0.815 bits per heavy atom. The minimum absolute atomic E-state index is 0.00459. The SMILES string of the molecule is CCC(=O)O[C@]1(C(=O)COCNC(=O)CNC(=O)[C@H](C)NC(=O)[C@H](CCC(=O)O)NC(=O)CNC(=O)CCN2C(=O)C(Sc3ccccc3)=C(Sc3ccccc3)C2=O)[C@@H](C)CC2[C@@H]3CCC4=CC(=O)C=C[C@]4(C)[C@@]3(Cl)[C@@H](O)C[C@@]21C. The zero-order valence-electron chi connectivity index (χ0n) is 45.5. The van der Waals surface area contributed by atoms with E-state index in [-0.39, 0.29) is 53.2 Å². The number of hydrogen-bond acceptors (Lipinski definition) is 16. The first-order valence-electron chi connectivity index (χ1n) is 26.7. The van der Waals surface area contributed by atoms with E-state index in [9.17, 15) is 63.0 Å². The number of ketones is 2. The number of carboxylic acids is 1. The zero-order chi connectivity index (χ0) is 59.0. The van der Waals surface area contributed by atoms with Gasteiger partial charge in [0.1, 0.15) is 25.4 Å². The van der Waals surface area contributed by atoms with Gasteiger partial charge < -0.3 is 46.3 Å². The quantitative estimate of drug-likeness (QED) is 0.0244. The van der Waals surface area contributed by atoms with Crippen LogP contribution in [-0.2, 0) is 62.2 Å². The predicted octanol–water partition coefficient (Wildman–Crippen LogP) is 3.87. The molecule has 7 rings (SSSR count). The number of aliphatic hydroxyl groups excluding tert-OH is 1. The maximum atomic E-state index is 14.5. The number of thioether (sulfide) groups is 2. The Morgan fingerprint density at radius 3 is 2.04 bits per heavy atom. The Morgan fingerprint density at radius 2 is 1.43 bits per heavy atom. The Kier molecular flexibility index (Phi) is 19.9. The minimum atomic E-state index is -1.73. The topological polar surface area (TPSA) is 310 Å². The number of fused-ring (bicyclic) bond motifs is 5. The number of benzene rings is 2. The second kappa shape index (κ2) is 26.1. The molecule has 10 atom stereocenters. The highest BCUT2D eigenvalue weighted by Crippen LogP contribution is 2.72. The molecule has 2 aromatic carbocycles. The Bertz CT molecular complexity index is 2880. The number of alkyl halides is 1. The van der Waals surface area contributed by atoms with E-state index in [1.807, 2.05) is 32.9 Å². The van der Waals surface area contributed by atoms with Crippen LogP contribution in [-0.4, -0.2) is 142 Å². The fourth-order valence-electron chi connectivity index (χ4n) is 12.2. The van der Waals surface area contributed by atoms with Crippen molar-refractivity contribution in [1.82, 2.24) is 31.5 Å². The molecule has 7 N–H and O–H groups in total. The molecule has 1 unspecified atom stereocenters. The average molecular weight is 1180 g/mol. The molecule has 0 saturated heterocycles. The van der Waals surface area contributed by atoms with Gasteiger partial charge in [-0.25, -0.2) is 0 Å². The van der Waals surface area contributed by atoms with Crippen LogP contribution >= 0.6 is 35.1 Å². The standard InChI is InChI=1S/C57H67ClN6O15S2/c1-6-47(73)79-57(32(2)25-39-38-18-17-34-26-35(65)21-23-54(34,4)56(38,58)41(66)27-55(39,57)5)42(67)30-78-31-61-44(69)28-60-50(74)33(3)62-51(75)40(19-20-46(71)72)63-45(70)29-59-43(68)22-24-64-52(76)48(80-36-13-9-7-10-14-36)49(53(64)77)81-37-15-11-8-12-16-37/h7-16,21,23,26,32-33,38-41,66H,6,17-20,22,24-25,27-31H2,1-5H3,(H,59,68)(H,60,74)(H,61,69)(H,62,75)(H,63,70)(H,71,72)/t32-,33-,38-,39?,40-,41-,54-,55-,56-,57-/m0/s1. The molecule has 4 aliphatic carbocycles. The summed E-state index contributed by atoms with van der Waals surface area (Å²) in [5, 5.41) is 33.3. The molecule has 81 heavy (non-hydrogen) atoms. The second-order valence-corrected chi connectivity index (χ2v) is 24.1. The molecule has 0 aromatic heterocycles. The Labute approximate surface area is 481 Å². The van der Waals surface area contributed by atoms with E-state index in [4.69, 9.17) is 21.1 Å². The summed E-state index contributed by atoms with van der Waals surface area (Å²) in [5.41, 5.74) is -2.83. The third kappa shape index (κ3) is 13.0. The number of amides is 7. The maximum absolute atomic E-state index is 14.5. The molecule has 0 bridgehead atoms. The lowest BCUT2D eigenvalue weighted by Crippen LogP contribution is -2.69. The average Bonchev–Trinajstić information content (AvgIpc) is 3.75. The van der Waals surface area contributed by atoms with Crippen molar-refractivity contribution in [1.29, 1.82) is 0 Å². The second-order valence-electron chi connectivity index (χ2n) is 21.3. The highest BCUT2D eigenvalue weighted by atomic mass is 35.5. The molecule has 434 valence electrons. The first-order valence-corrected chi connectivity index (χ1v) is 28.7. The lowest BCUT2D eigenvalue weighted by Gasteiger charge is -2.64. The molecule has 5 aliphatic rings. The minimum Gasteiger partial charge on any atom is -0.481 e. The van der Waals surface area contributed by atoms with Gasteiger partial charge in [-0.3, -0.25) is 57.6 Å². The van der Waals surface area contributed by atoms with Crippen molar-refractivity contribution in [3.63, 3.8) is 0 Å². The summed E-state index contributed by atoms with van der Waals surface area (Å²) in [6.07, 6.45) is 3.81. The van der Waals surface area contributed by atoms with Crippen LogP contribution in [0.4, 0.5) is 0 Å². The number of aliphatic hydroxyl groups is 1. The van der Waals surface area contributed by atoms with Crippen LogP contribution in [0.15, 0.2) is 104 Å². The van der Waals surface area contributed by atoms with Crippen LogP contribution in [0.25, 0.3) is 0 Å². The van der Waals surface area contributed by atoms with Gasteiger partial charge in [0.15, 0.2) is 11.4 Å². The summed E-state index contributed by atoms with van der Waals surface area (Å²) < 4.78 is 11.8. The molecule has 2 aromatic rings. The van der Waals surface area contributed by atoms with Crippen molar-refractivity contribution in [2.75, 3.05) is 33.0 Å². The number of nitrogens with zero attached hydrogens (tertiary/aromatic N) is 1. The number of imide groups is 1. The monoisotopic (exact) mass is 1170 g/mol. The number of halogens is 1. The lowest BCUT2D eigenvalue weighted by atomic mass is 9.45. The van der Waals surface area contributed by atoms with Crippen LogP contribution in [0, 0.1) is 28.6 Å². The molecule has 3 fully saturated rings. The van der Waals surface area contributed by atoms with Crippen LogP contribution in [0.1, 0.15) is 86.0 Å². The number of aliphatic carboxylic acids is 1. The number of allylic oxidation sites excluding steroid dienone is 4. The third-order valence-corrected chi connectivity index (χ3v) is 19.5. The van der Waals surface area contributed by atoms with Crippen molar-refractivity contribution < 1.29 is 72.4 Å². The van der Waals surface area contributed by atoms with Crippen LogP contribution in [0.3, 0.4) is 0 Å². The first kappa shape index (κ1) is 61.9. The smallest absolute Gasteiger partial charge is 0.306 e. The largest absolute Gasteiger partial charge is 0.481 e. The number of rotatable bonds is 25. The van der Waals surface area contributed by atoms with Gasteiger partial charge in [0, 0.05) is 52.3 Å². The van der Waals surface area contributed by atoms with Gasteiger partial charge in [0.25, 0.3) is 11.8 Å². The van der Waals surface area contributed by atoms with Gasteiger partial charge in [0.05, 0.1) is 33.9 Å². The summed E-state index contributed by atoms with van der Waals surface area (Å²) in [5.74, 6) is -9.09. The Hall–Kier alpha value is -6.66. The Balaban J connectivity index is 0.865. The molecule has 0 spiro atoms. The van der Waals surface area contributed by atoms with Gasteiger partial charge >= 0.3 is 11.9 Å². The van der Waals surface area contributed by atoms with Gasteiger partial charge in [-0.2, -0.15) is 0 Å². The molecule has 1 heterocycles. The van der Waals surface area contributed by atoms with E-state index in [1.54, 1.807) is 67.6 Å².